The van der Waals surface area contributed by atoms with Crippen molar-refractivity contribution in [1.29, 1.82) is 5.26 Å². The molecule has 108 valence electrons. The minimum atomic E-state index is -1.36. The number of nitriles is 1. The quantitative estimate of drug-likeness (QED) is 0.911. The summed E-state index contributed by atoms with van der Waals surface area (Å²) in [6.45, 7) is 7.25. The number of nitrogens with zero attached hydrogens (tertiary/aromatic N) is 1. The second-order valence-corrected chi connectivity index (χ2v) is 6.77. The maximum absolute atomic E-state index is 12.0. The SMILES string of the molecule is CC(c1ccc(Cl)cc1Cl)C(C#N)(C(N)=O)C(C)(C)C. The van der Waals surface area contributed by atoms with E-state index in [1.54, 1.807) is 25.1 Å². The van der Waals surface area contributed by atoms with Crippen LogP contribution in [0.1, 0.15) is 39.2 Å². The van der Waals surface area contributed by atoms with E-state index in [1.165, 1.54) is 0 Å². The molecule has 0 aliphatic rings. The zero-order valence-electron chi connectivity index (χ0n) is 12.0. The molecule has 1 rings (SSSR count). The van der Waals surface area contributed by atoms with Gasteiger partial charge in [0.25, 0.3) is 0 Å². The Labute approximate surface area is 129 Å². The van der Waals surface area contributed by atoms with Crippen LogP contribution >= 0.6 is 23.2 Å². The molecule has 1 aromatic rings. The van der Waals surface area contributed by atoms with Gasteiger partial charge in [-0.05, 0) is 23.1 Å². The number of hydrogen-bond donors (Lipinski definition) is 1. The van der Waals surface area contributed by atoms with Crippen LogP contribution in [0.15, 0.2) is 18.2 Å². The average Bonchev–Trinajstić information content (AvgIpc) is 2.27. The number of halogens is 2. The van der Waals surface area contributed by atoms with Gasteiger partial charge in [0.1, 0.15) is 5.41 Å². The molecule has 0 fully saturated rings. The topological polar surface area (TPSA) is 66.9 Å². The predicted molar refractivity (Wildman–Crippen MR) is 81.6 cm³/mol. The van der Waals surface area contributed by atoms with Crippen LogP contribution in [0.25, 0.3) is 0 Å². The molecule has 0 bridgehead atoms. The van der Waals surface area contributed by atoms with Gasteiger partial charge in [0, 0.05) is 16.0 Å². The van der Waals surface area contributed by atoms with E-state index in [9.17, 15) is 10.1 Å². The number of benzene rings is 1. The molecule has 0 aromatic heterocycles. The van der Waals surface area contributed by atoms with E-state index in [1.807, 2.05) is 20.8 Å². The lowest BCUT2D eigenvalue weighted by atomic mass is 9.59. The fourth-order valence-electron chi connectivity index (χ4n) is 2.64. The Balaban J connectivity index is 3.51. The number of carbonyl (C=O) groups excluding carboxylic acids is 1. The standard InChI is InChI=1S/C15H18Cl2N2O/c1-9(11-6-5-10(16)7-12(11)17)15(8-18,13(19)20)14(2,3)4/h5-7,9H,1-4H3,(H2,19,20). The molecule has 1 aromatic carbocycles. The smallest absolute Gasteiger partial charge is 0.239 e. The van der Waals surface area contributed by atoms with Crippen molar-refractivity contribution in [2.45, 2.75) is 33.6 Å². The highest BCUT2D eigenvalue weighted by molar-refractivity contribution is 6.35. The lowest BCUT2D eigenvalue weighted by Crippen LogP contribution is -2.49. The summed E-state index contributed by atoms with van der Waals surface area (Å²) in [4.78, 5) is 12.0. The second kappa shape index (κ2) is 5.63. The fraction of sp³-hybridized carbons (Fsp3) is 0.467. The largest absolute Gasteiger partial charge is 0.368 e. The summed E-state index contributed by atoms with van der Waals surface area (Å²) < 4.78 is 0. The molecule has 0 spiro atoms. The van der Waals surface area contributed by atoms with E-state index in [-0.39, 0.29) is 0 Å². The van der Waals surface area contributed by atoms with Gasteiger partial charge in [-0.15, -0.1) is 0 Å². The minimum absolute atomic E-state index is 0.426. The maximum Gasteiger partial charge on any atom is 0.239 e. The van der Waals surface area contributed by atoms with Gasteiger partial charge in [-0.1, -0.05) is 57.0 Å². The number of primary amides is 1. The van der Waals surface area contributed by atoms with Gasteiger partial charge in [-0.2, -0.15) is 5.26 Å². The highest BCUT2D eigenvalue weighted by atomic mass is 35.5. The van der Waals surface area contributed by atoms with E-state index < -0.39 is 22.7 Å². The van der Waals surface area contributed by atoms with Crippen LogP contribution in [0, 0.1) is 22.2 Å². The highest BCUT2D eigenvalue weighted by Gasteiger charge is 2.52. The summed E-state index contributed by atoms with van der Waals surface area (Å²) in [7, 11) is 0. The van der Waals surface area contributed by atoms with Crippen LogP contribution in [0.2, 0.25) is 10.0 Å². The van der Waals surface area contributed by atoms with Crippen LogP contribution in [-0.4, -0.2) is 5.91 Å². The van der Waals surface area contributed by atoms with E-state index in [4.69, 9.17) is 28.9 Å². The van der Waals surface area contributed by atoms with Gasteiger partial charge < -0.3 is 5.73 Å². The molecule has 5 heteroatoms. The van der Waals surface area contributed by atoms with Crippen molar-refractivity contribution in [2.75, 3.05) is 0 Å². The molecule has 0 saturated carbocycles. The molecular formula is C15H18Cl2N2O. The van der Waals surface area contributed by atoms with Crippen LogP contribution in [-0.2, 0) is 4.79 Å². The number of hydrogen-bond acceptors (Lipinski definition) is 2. The summed E-state index contributed by atoms with van der Waals surface area (Å²) in [5.74, 6) is -1.10. The van der Waals surface area contributed by atoms with Crippen molar-refractivity contribution >= 4 is 29.1 Å². The molecular weight excluding hydrogens is 295 g/mol. The molecule has 20 heavy (non-hydrogen) atoms. The van der Waals surface area contributed by atoms with Crippen molar-refractivity contribution < 1.29 is 4.79 Å². The van der Waals surface area contributed by atoms with Gasteiger partial charge in [0.05, 0.1) is 6.07 Å². The van der Waals surface area contributed by atoms with Gasteiger partial charge in [0.15, 0.2) is 0 Å². The van der Waals surface area contributed by atoms with Gasteiger partial charge >= 0.3 is 0 Å². The van der Waals surface area contributed by atoms with E-state index in [0.29, 0.717) is 15.6 Å². The van der Waals surface area contributed by atoms with Crippen LogP contribution in [0.4, 0.5) is 0 Å². The second-order valence-electron chi connectivity index (χ2n) is 5.92. The van der Waals surface area contributed by atoms with Crippen LogP contribution in [0.5, 0.6) is 0 Å². The predicted octanol–water partition coefficient (Wildman–Crippen LogP) is 4.14. The zero-order valence-corrected chi connectivity index (χ0v) is 13.5. The van der Waals surface area contributed by atoms with Crippen LogP contribution in [0.3, 0.4) is 0 Å². The first-order chi connectivity index (χ1) is 9.07. The minimum Gasteiger partial charge on any atom is -0.368 e. The number of nitrogens with two attached hydrogens (primary N) is 1. The molecule has 2 unspecified atom stereocenters. The first kappa shape index (κ1) is 16.8. The zero-order chi connectivity index (χ0) is 15.7. The molecule has 0 aliphatic carbocycles. The van der Waals surface area contributed by atoms with E-state index in [2.05, 4.69) is 6.07 Å². The van der Waals surface area contributed by atoms with E-state index >= 15 is 0 Å². The maximum atomic E-state index is 12.0. The Morgan fingerprint density at radius 2 is 1.90 bits per heavy atom. The van der Waals surface area contributed by atoms with Gasteiger partial charge in [0.2, 0.25) is 5.91 Å². The van der Waals surface area contributed by atoms with Crippen molar-refractivity contribution in [3.05, 3.63) is 33.8 Å². The average molecular weight is 313 g/mol. The number of rotatable bonds is 3. The molecule has 1 amide bonds. The Bertz CT molecular complexity index is 572. The number of amides is 1. The van der Waals surface area contributed by atoms with Crippen molar-refractivity contribution in [3.63, 3.8) is 0 Å². The lowest BCUT2D eigenvalue weighted by Gasteiger charge is -2.41. The monoisotopic (exact) mass is 312 g/mol. The van der Waals surface area contributed by atoms with Crippen LogP contribution < -0.4 is 5.73 Å². The molecule has 2 atom stereocenters. The molecule has 0 heterocycles. The molecule has 0 radical (unpaired) electrons. The van der Waals surface area contributed by atoms with Crippen molar-refractivity contribution in [3.8, 4) is 6.07 Å². The third kappa shape index (κ3) is 2.63. The highest BCUT2D eigenvalue weighted by Crippen LogP contribution is 2.50. The Kier molecular flexibility index (Phi) is 4.74. The number of carbonyl (C=O) groups is 1. The lowest BCUT2D eigenvalue weighted by molar-refractivity contribution is -0.131. The van der Waals surface area contributed by atoms with E-state index in [0.717, 1.165) is 0 Å². The summed E-state index contributed by atoms with van der Waals surface area (Å²) in [6, 6.07) is 7.14. The fourth-order valence-corrected chi connectivity index (χ4v) is 3.21. The summed E-state index contributed by atoms with van der Waals surface area (Å²) in [5.41, 5.74) is 4.26. The summed E-state index contributed by atoms with van der Waals surface area (Å²) >= 11 is 12.1. The Morgan fingerprint density at radius 3 is 2.25 bits per heavy atom. The Morgan fingerprint density at radius 1 is 1.35 bits per heavy atom. The third-order valence-electron chi connectivity index (χ3n) is 3.83. The van der Waals surface area contributed by atoms with Crippen molar-refractivity contribution in [2.24, 2.45) is 16.6 Å². The Hall–Kier alpha value is -1.24. The molecule has 0 saturated heterocycles. The van der Waals surface area contributed by atoms with Gasteiger partial charge in [-0.25, -0.2) is 0 Å². The molecule has 2 N–H and O–H groups in total. The molecule has 3 nitrogen and oxygen atoms in total. The first-order valence-corrected chi connectivity index (χ1v) is 6.99. The summed E-state index contributed by atoms with van der Waals surface area (Å²) in [5, 5.41) is 10.6. The third-order valence-corrected chi connectivity index (χ3v) is 4.39. The summed E-state index contributed by atoms with van der Waals surface area (Å²) in [6.07, 6.45) is 0. The van der Waals surface area contributed by atoms with Gasteiger partial charge in [-0.3, -0.25) is 4.79 Å². The first-order valence-electron chi connectivity index (χ1n) is 6.24. The molecule has 0 aliphatic heterocycles. The normalized spacial score (nSPS) is 16.1. The van der Waals surface area contributed by atoms with Crippen molar-refractivity contribution in [1.82, 2.24) is 0 Å².